The number of carbonyl (C=O) groups excluding carboxylic acids is 3. The summed E-state index contributed by atoms with van der Waals surface area (Å²) < 4.78 is 0.879. The molecule has 7 heteroatoms. The highest BCUT2D eigenvalue weighted by molar-refractivity contribution is 9.10. The Morgan fingerprint density at radius 3 is 2.44 bits per heavy atom. The molecular formula is C20H14BrN3O3. The Morgan fingerprint density at radius 2 is 1.74 bits per heavy atom. The van der Waals surface area contributed by atoms with Crippen molar-refractivity contribution < 1.29 is 14.4 Å². The maximum Gasteiger partial charge on any atom is 0.261 e. The molecule has 0 fully saturated rings. The van der Waals surface area contributed by atoms with Gasteiger partial charge in [0.1, 0.15) is 0 Å². The Hall–Kier alpha value is -3.06. The van der Waals surface area contributed by atoms with Crippen molar-refractivity contribution in [3.63, 3.8) is 0 Å². The number of rotatable bonds is 4. The molecule has 4 rings (SSSR count). The molecule has 1 aliphatic rings. The second-order valence-corrected chi connectivity index (χ2v) is 7.04. The van der Waals surface area contributed by atoms with Crippen LogP contribution in [0.25, 0.3) is 10.9 Å². The first kappa shape index (κ1) is 17.4. The van der Waals surface area contributed by atoms with Crippen LogP contribution in [0, 0.1) is 0 Å². The first-order chi connectivity index (χ1) is 13.0. The molecule has 27 heavy (non-hydrogen) atoms. The minimum atomic E-state index is -0.360. The zero-order valence-corrected chi connectivity index (χ0v) is 15.7. The van der Waals surface area contributed by atoms with E-state index in [0.717, 1.165) is 20.3 Å². The molecule has 2 heterocycles. The molecule has 1 aromatic heterocycles. The fourth-order valence-corrected chi connectivity index (χ4v) is 3.46. The van der Waals surface area contributed by atoms with Crippen LogP contribution in [0.2, 0.25) is 0 Å². The highest BCUT2D eigenvalue weighted by Gasteiger charge is 2.34. The smallest absolute Gasteiger partial charge is 0.261 e. The number of halogens is 1. The molecule has 0 unspecified atom stereocenters. The van der Waals surface area contributed by atoms with Crippen molar-refractivity contribution in [3.8, 4) is 0 Å². The molecule has 1 aliphatic heterocycles. The molecule has 0 bridgehead atoms. The van der Waals surface area contributed by atoms with Crippen LogP contribution < -0.4 is 5.32 Å². The Morgan fingerprint density at radius 1 is 1.04 bits per heavy atom. The zero-order valence-electron chi connectivity index (χ0n) is 14.1. The SMILES string of the molecule is O=C(CCN1C(=O)c2ccccc2C1=O)Nc1ccnc2ccc(Br)cc12. The van der Waals surface area contributed by atoms with E-state index < -0.39 is 0 Å². The minimum Gasteiger partial charge on any atom is -0.325 e. The van der Waals surface area contributed by atoms with Crippen molar-refractivity contribution in [2.75, 3.05) is 11.9 Å². The number of imide groups is 1. The lowest BCUT2D eigenvalue weighted by Gasteiger charge is -2.14. The van der Waals surface area contributed by atoms with Gasteiger partial charge >= 0.3 is 0 Å². The molecule has 0 spiro atoms. The number of benzene rings is 2. The summed E-state index contributed by atoms with van der Waals surface area (Å²) in [5.41, 5.74) is 2.16. The topological polar surface area (TPSA) is 79.4 Å². The predicted octanol–water partition coefficient (Wildman–Crippen LogP) is 3.62. The van der Waals surface area contributed by atoms with E-state index in [9.17, 15) is 14.4 Å². The summed E-state index contributed by atoms with van der Waals surface area (Å²) in [6, 6.07) is 14.0. The van der Waals surface area contributed by atoms with Crippen molar-refractivity contribution >= 4 is 50.2 Å². The molecule has 134 valence electrons. The summed E-state index contributed by atoms with van der Waals surface area (Å²) in [4.78, 5) is 42.5. The van der Waals surface area contributed by atoms with Crippen LogP contribution in [0.15, 0.2) is 59.2 Å². The molecule has 3 amide bonds. The number of carbonyl (C=O) groups is 3. The number of pyridine rings is 1. The molecule has 1 N–H and O–H groups in total. The normalized spacial score (nSPS) is 13.1. The number of hydrogen-bond acceptors (Lipinski definition) is 4. The van der Waals surface area contributed by atoms with Gasteiger partial charge in [0.25, 0.3) is 11.8 Å². The first-order valence-electron chi connectivity index (χ1n) is 8.34. The fraction of sp³-hybridized carbons (Fsp3) is 0.100. The molecule has 0 saturated heterocycles. The van der Waals surface area contributed by atoms with Crippen LogP contribution in [-0.2, 0) is 4.79 Å². The third-order valence-electron chi connectivity index (χ3n) is 4.42. The van der Waals surface area contributed by atoms with E-state index in [1.807, 2.05) is 18.2 Å². The molecule has 3 aromatic rings. The lowest BCUT2D eigenvalue weighted by atomic mass is 10.1. The summed E-state index contributed by atoms with van der Waals surface area (Å²) in [5, 5.41) is 3.64. The fourth-order valence-electron chi connectivity index (χ4n) is 3.10. The van der Waals surface area contributed by atoms with Gasteiger partial charge in [-0.2, -0.15) is 0 Å². The van der Waals surface area contributed by atoms with Crippen molar-refractivity contribution in [1.29, 1.82) is 0 Å². The van der Waals surface area contributed by atoms with Crippen LogP contribution >= 0.6 is 15.9 Å². The van der Waals surface area contributed by atoms with E-state index >= 15 is 0 Å². The second kappa shape index (κ2) is 6.92. The summed E-state index contributed by atoms with van der Waals surface area (Å²) in [5.74, 6) is -0.998. The highest BCUT2D eigenvalue weighted by atomic mass is 79.9. The monoisotopic (exact) mass is 423 g/mol. The predicted molar refractivity (Wildman–Crippen MR) is 104 cm³/mol. The lowest BCUT2D eigenvalue weighted by Crippen LogP contribution is -2.32. The quantitative estimate of drug-likeness (QED) is 0.649. The average Bonchev–Trinajstić information content (AvgIpc) is 2.91. The van der Waals surface area contributed by atoms with Gasteiger partial charge in [-0.15, -0.1) is 0 Å². The van der Waals surface area contributed by atoms with Crippen molar-refractivity contribution in [2.24, 2.45) is 0 Å². The third-order valence-corrected chi connectivity index (χ3v) is 4.91. The zero-order chi connectivity index (χ0) is 19.0. The molecular weight excluding hydrogens is 410 g/mol. The van der Waals surface area contributed by atoms with Gasteiger partial charge < -0.3 is 5.32 Å². The van der Waals surface area contributed by atoms with Gasteiger partial charge in [-0.25, -0.2) is 0 Å². The summed E-state index contributed by atoms with van der Waals surface area (Å²) in [6.07, 6.45) is 1.64. The number of nitrogens with one attached hydrogen (secondary N) is 1. The van der Waals surface area contributed by atoms with Crippen LogP contribution in [0.3, 0.4) is 0 Å². The molecule has 0 radical (unpaired) electrons. The van der Waals surface area contributed by atoms with Gasteiger partial charge in [-0.3, -0.25) is 24.3 Å². The molecule has 0 atom stereocenters. The standard InChI is InChI=1S/C20H14BrN3O3/c21-12-5-6-16-15(11-12)17(7-9-22-16)23-18(25)8-10-24-19(26)13-3-1-2-4-14(13)20(24)27/h1-7,9,11H,8,10H2,(H,22,23,25). The highest BCUT2D eigenvalue weighted by Crippen LogP contribution is 2.26. The Balaban J connectivity index is 1.46. The van der Waals surface area contributed by atoms with Crippen LogP contribution in [0.1, 0.15) is 27.1 Å². The van der Waals surface area contributed by atoms with Gasteiger partial charge in [0.15, 0.2) is 0 Å². The Bertz CT molecular complexity index is 1060. The van der Waals surface area contributed by atoms with E-state index in [0.29, 0.717) is 16.8 Å². The van der Waals surface area contributed by atoms with Gasteiger partial charge in [0, 0.05) is 29.0 Å². The number of aromatic nitrogens is 1. The largest absolute Gasteiger partial charge is 0.325 e. The van der Waals surface area contributed by atoms with E-state index in [4.69, 9.17) is 0 Å². The molecule has 0 saturated carbocycles. The van der Waals surface area contributed by atoms with Crippen molar-refractivity contribution in [1.82, 2.24) is 9.88 Å². The Kier molecular flexibility index (Phi) is 4.45. The lowest BCUT2D eigenvalue weighted by molar-refractivity contribution is -0.116. The van der Waals surface area contributed by atoms with Crippen LogP contribution in [-0.4, -0.2) is 34.2 Å². The number of amides is 3. The van der Waals surface area contributed by atoms with Crippen molar-refractivity contribution in [2.45, 2.75) is 6.42 Å². The summed E-state index contributed by atoms with van der Waals surface area (Å²) in [6.45, 7) is 0.0326. The van der Waals surface area contributed by atoms with E-state index in [2.05, 4.69) is 26.2 Å². The molecule has 6 nitrogen and oxygen atoms in total. The van der Waals surface area contributed by atoms with Gasteiger partial charge in [0.2, 0.25) is 5.91 Å². The number of fused-ring (bicyclic) bond motifs is 2. The minimum absolute atomic E-state index is 0.0172. The maximum atomic E-state index is 12.4. The maximum absolute atomic E-state index is 12.4. The first-order valence-corrected chi connectivity index (χ1v) is 9.13. The average molecular weight is 424 g/mol. The van der Waals surface area contributed by atoms with E-state index in [1.54, 1.807) is 36.5 Å². The van der Waals surface area contributed by atoms with Gasteiger partial charge in [0.05, 0.1) is 22.3 Å². The van der Waals surface area contributed by atoms with Crippen molar-refractivity contribution in [3.05, 3.63) is 70.3 Å². The number of nitrogens with zero attached hydrogens (tertiary/aromatic N) is 2. The summed E-state index contributed by atoms with van der Waals surface area (Å²) in [7, 11) is 0. The number of anilines is 1. The van der Waals surface area contributed by atoms with Crippen LogP contribution in [0.4, 0.5) is 5.69 Å². The summed E-state index contributed by atoms with van der Waals surface area (Å²) >= 11 is 3.41. The molecule has 2 aromatic carbocycles. The van der Waals surface area contributed by atoms with Gasteiger partial charge in [-0.05, 0) is 36.4 Å². The van der Waals surface area contributed by atoms with Crippen LogP contribution in [0.5, 0.6) is 0 Å². The second-order valence-electron chi connectivity index (χ2n) is 6.13. The molecule has 0 aliphatic carbocycles. The Labute approximate surface area is 163 Å². The van der Waals surface area contributed by atoms with E-state index in [-0.39, 0.29) is 30.7 Å². The third kappa shape index (κ3) is 3.21. The van der Waals surface area contributed by atoms with Gasteiger partial charge in [-0.1, -0.05) is 28.1 Å². The van der Waals surface area contributed by atoms with E-state index in [1.165, 1.54) is 0 Å². The number of hydrogen-bond donors (Lipinski definition) is 1.